The minimum atomic E-state index is -0.108. The second-order valence-electron chi connectivity index (χ2n) is 4.91. The van der Waals surface area contributed by atoms with Crippen LogP contribution in [0.15, 0.2) is 18.2 Å². The van der Waals surface area contributed by atoms with Gasteiger partial charge >= 0.3 is 0 Å². The normalized spacial score (nSPS) is 10.2. The summed E-state index contributed by atoms with van der Waals surface area (Å²) in [6, 6.07) is 5.87. The van der Waals surface area contributed by atoms with E-state index in [1.807, 2.05) is 45.9 Å². The summed E-state index contributed by atoms with van der Waals surface area (Å²) in [5.74, 6) is -0.129. The van der Waals surface area contributed by atoms with E-state index in [0.717, 1.165) is 16.8 Å². The Balaban J connectivity index is 3.08. The van der Waals surface area contributed by atoms with Crippen LogP contribution in [0.1, 0.15) is 31.9 Å². The first-order valence-electron chi connectivity index (χ1n) is 7.04. The SMILES string of the molecule is CCN(CC)C(=O)CN(C(C)=O)c1c(C)cccc1C. The number of nitrogens with zero attached hydrogens (tertiary/aromatic N) is 2. The van der Waals surface area contributed by atoms with E-state index in [-0.39, 0.29) is 18.4 Å². The van der Waals surface area contributed by atoms with Crippen LogP contribution in [0.4, 0.5) is 5.69 Å². The Kier molecular flexibility index (Phi) is 5.74. The van der Waals surface area contributed by atoms with Crippen LogP contribution >= 0.6 is 0 Å². The molecule has 0 N–H and O–H groups in total. The first kappa shape index (κ1) is 16.2. The lowest BCUT2D eigenvalue weighted by Gasteiger charge is -2.27. The molecule has 0 aliphatic heterocycles. The van der Waals surface area contributed by atoms with E-state index in [1.165, 1.54) is 6.92 Å². The Morgan fingerprint density at radius 2 is 1.55 bits per heavy atom. The van der Waals surface area contributed by atoms with Crippen LogP contribution in [-0.4, -0.2) is 36.3 Å². The van der Waals surface area contributed by atoms with Gasteiger partial charge in [-0.25, -0.2) is 0 Å². The van der Waals surface area contributed by atoms with Crippen molar-refractivity contribution in [3.63, 3.8) is 0 Å². The van der Waals surface area contributed by atoms with Crippen molar-refractivity contribution in [3.05, 3.63) is 29.3 Å². The second kappa shape index (κ2) is 7.08. The van der Waals surface area contributed by atoms with Crippen LogP contribution in [0.25, 0.3) is 0 Å². The summed E-state index contributed by atoms with van der Waals surface area (Å²) in [6.45, 7) is 10.7. The predicted octanol–water partition coefficient (Wildman–Crippen LogP) is 2.52. The number of carbonyl (C=O) groups is 2. The molecule has 4 nitrogen and oxygen atoms in total. The standard InChI is InChI=1S/C16H24N2O2/c1-6-17(7-2)15(20)11-18(14(5)19)16-12(3)9-8-10-13(16)4/h8-10H,6-7,11H2,1-5H3. The first-order valence-corrected chi connectivity index (χ1v) is 7.04. The van der Waals surface area contributed by atoms with Gasteiger partial charge < -0.3 is 9.80 Å². The highest BCUT2D eigenvalue weighted by atomic mass is 16.2. The molecule has 0 spiro atoms. The van der Waals surface area contributed by atoms with Gasteiger partial charge in [0.25, 0.3) is 0 Å². The van der Waals surface area contributed by atoms with Crippen molar-refractivity contribution >= 4 is 17.5 Å². The third-order valence-electron chi connectivity index (χ3n) is 3.50. The molecule has 110 valence electrons. The molecular formula is C16H24N2O2. The van der Waals surface area contributed by atoms with Crippen molar-refractivity contribution < 1.29 is 9.59 Å². The number of benzene rings is 1. The fourth-order valence-corrected chi connectivity index (χ4v) is 2.39. The number of hydrogen-bond acceptors (Lipinski definition) is 2. The molecule has 0 aromatic heterocycles. The maximum atomic E-state index is 12.2. The molecule has 4 heteroatoms. The lowest BCUT2D eigenvalue weighted by atomic mass is 10.1. The number of aryl methyl sites for hydroxylation is 2. The van der Waals surface area contributed by atoms with Crippen molar-refractivity contribution in [1.29, 1.82) is 0 Å². The Hall–Kier alpha value is -1.84. The van der Waals surface area contributed by atoms with Gasteiger partial charge in [-0.05, 0) is 38.8 Å². The summed E-state index contributed by atoms with van der Waals surface area (Å²) in [5.41, 5.74) is 2.86. The van der Waals surface area contributed by atoms with Gasteiger partial charge in [-0.15, -0.1) is 0 Å². The quantitative estimate of drug-likeness (QED) is 0.829. The molecule has 1 aromatic carbocycles. The zero-order valence-electron chi connectivity index (χ0n) is 13.1. The maximum Gasteiger partial charge on any atom is 0.242 e. The molecule has 20 heavy (non-hydrogen) atoms. The average molecular weight is 276 g/mol. The third-order valence-corrected chi connectivity index (χ3v) is 3.50. The van der Waals surface area contributed by atoms with Crippen molar-refractivity contribution in [1.82, 2.24) is 4.90 Å². The van der Waals surface area contributed by atoms with Crippen LogP contribution in [0.2, 0.25) is 0 Å². The Labute approximate surface area is 121 Å². The summed E-state index contributed by atoms with van der Waals surface area (Å²) in [7, 11) is 0. The van der Waals surface area contributed by atoms with Gasteiger partial charge in [-0.1, -0.05) is 18.2 Å². The highest BCUT2D eigenvalue weighted by Gasteiger charge is 2.21. The second-order valence-corrected chi connectivity index (χ2v) is 4.91. The smallest absolute Gasteiger partial charge is 0.242 e. The lowest BCUT2D eigenvalue weighted by Crippen LogP contribution is -2.42. The molecule has 0 unspecified atom stereocenters. The van der Waals surface area contributed by atoms with Crippen LogP contribution in [0.3, 0.4) is 0 Å². The fraction of sp³-hybridized carbons (Fsp3) is 0.500. The summed E-state index contributed by atoms with van der Waals surface area (Å²) >= 11 is 0. The number of amides is 2. The number of rotatable bonds is 5. The van der Waals surface area contributed by atoms with E-state index in [4.69, 9.17) is 0 Å². The maximum absolute atomic E-state index is 12.2. The molecule has 0 aliphatic rings. The van der Waals surface area contributed by atoms with Gasteiger partial charge in [0.2, 0.25) is 11.8 Å². The average Bonchev–Trinajstić information content (AvgIpc) is 2.38. The summed E-state index contributed by atoms with van der Waals surface area (Å²) in [5, 5.41) is 0. The number of likely N-dealkylation sites (N-methyl/N-ethyl adjacent to an activating group) is 1. The Morgan fingerprint density at radius 3 is 1.95 bits per heavy atom. The highest BCUT2D eigenvalue weighted by Crippen LogP contribution is 2.24. The molecule has 0 atom stereocenters. The van der Waals surface area contributed by atoms with Gasteiger partial charge in [0.15, 0.2) is 0 Å². The van der Waals surface area contributed by atoms with Crippen LogP contribution in [0.5, 0.6) is 0 Å². The first-order chi connectivity index (χ1) is 9.42. The number of hydrogen-bond donors (Lipinski definition) is 0. The molecule has 0 aliphatic carbocycles. The van der Waals surface area contributed by atoms with Gasteiger partial charge in [-0.3, -0.25) is 9.59 Å². The van der Waals surface area contributed by atoms with Crippen molar-refractivity contribution in [2.75, 3.05) is 24.5 Å². The molecule has 1 rings (SSSR count). The summed E-state index contributed by atoms with van der Waals surface area (Å²) in [4.78, 5) is 27.5. The lowest BCUT2D eigenvalue weighted by molar-refractivity contribution is -0.130. The molecule has 0 saturated carbocycles. The zero-order valence-corrected chi connectivity index (χ0v) is 13.1. The van der Waals surface area contributed by atoms with Gasteiger partial charge in [0.05, 0.1) is 5.69 Å². The van der Waals surface area contributed by atoms with E-state index in [0.29, 0.717) is 13.1 Å². The Bertz CT molecular complexity index is 473. The molecule has 0 radical (unpaired) electrons. The topological polar surface area (TPSA) is 40.6 Å². The highest BCUT2D eigenvalue weighted by molar-refractivity contribution is 5.98. The minimum absolute atomic E-state index is 0.0205. The fourth-order valence-electron chi connectivity index (χ4n) is 2.39. The van der Waals surface area contributed by atoms with Crippen LogP contribution in [-0.2, 0) is 9.59 Å². The number of para-hydroxylation sites is 1. The van der Waals surface area contributed by atoms with Crippen molar-refractivity contribution in [3.8, 4) is 0 Å². The minimum Gasteiger partial charge on any atom is -0.342 e. The zero-order chi connectivity index (χ0) is 15.3. The van der Waals surface area contributed by atoms with E-state index in [1.54, 1.807) is 9.80 Å². The van der Waals surface area contributed by atoms with Crippen molar-refractivity contribution in [2.45, 2.75) is 34.6 Å². The Morgan fingerprint density at radius 1 is 1.05 bits per heavy atom. The van der Waals surface area contributed by atoms with Crippen molar-refractivity contribution in [2.24, 2.45) is 0 Å². The van der Waals surface area contributed by atoms with E-state index in [2.05, 4.69) is 0 Å². The third kappa shape index (κ3) is 3.59. The molecule has 1 aromatic rings. The molecular weight excluding hydrogens is 252 g/mol. The van der Waals surface area contributed by atoms with E-state index in [9.17, 15) is 9.59 Å². The number of anilines is 1. The van der Waals surface area contributed by atoms with Crippen LogP contribution in [0, 0.1) is 13.8 Å². The molecule has 0 bridgehead atoms. The van der Waals surface area contributed by atoms with Gasteiger partial charge in [-0.2, -0.15) is 0 Å². The summed E-state index contributed by atoms with van der Waals surface area (Å²) in [6.07, 6.45) is 0. The summed E-state index contributed by atoms with van der Waals surface area (Å²) < 4.78 is 0. The largest absolute Gasteiger partial charge is 0.342 e. The number of carbonyl (C=O) groups excluding carboxylic acids is 2. The van der Waals surface area contributed by atoms with E-state index >= 15 is 0 Å². The van der Waals surface area contributed by atoms with Crippen LogP contribution < -0.4 is 4.90 Å². The van der Waals surface area contributed by atoms with E-state index < -0.39 is 0 Å². The molecule has 0 heterocycles. The molecule has 0 saturated heterocycles. The van der Waals surface area contributed by atoms with Gasteiger partial charge in [0, 0.05) is 20.0 Å². The molecule has 0 fully saturated rings. The predicted molar refractivity (Wildman–Crippen MR) is 81.9 cm³/mol. The van der Waals surface area contributed by atoms with Gasteiger partial charge in [0.1, 0.15) is 6.54 Å². The monoisotopic (exact) mass is 276 g/mol. The molecule has 2 amide bonds.